The van der Waals surface area contributed by atoms with Crippen LogP contribution in [0.2, 0.25) is 15.1 Å². The van der Waals surface area contributed by atoms with E-state index in [2.05, 4.69) is 5.32 Å². The number of hydrogen-bond acceptors (Lipinski definition) is 3. The van der Waals surface area contributed by atoms with Gasteiger partial charge in [-0.05, 0) is 48.9 Å². The average Bonchev–Trinajstić information content (AvgIpc) is 2.72. The lowest BCUT2D eigenvalue weighted by molar-refractivity contribution is 0.280. The minimum Gasteiger partial charge on any atom is -0.493 e. The molecule has 0 heterocycles. The Balaban J connectivity index is 1.64. The Kier molecular flexibility index (Phi) is 8.23. The van der Waals surface area contributed by atoms with Crippen molar-refractivity contribution in [3.05, 3.63) is 92.2 Å². The van der Waals surface area contributed by atoms with E-state index in [0.717, 1.165) is 24.1 Å². The summed E-state index contributed by atoms with van der Waals surface area (Å²) in [7, 11) is 1.59. The third-order valence-electron chi connectivity index (χ3n) is 4.57. The van der Waals surface area contributed by atoms with Gasteiger partial charge in [-0.25, -0.2) is 4.39 Å². The van der Waals surface area contributed by atoms with E-state index in [9.17, 15) is 4.39 Å². The molecular weight excluding hydrogens is 448 g/mol. The second-order valence-electron chi connectivity index (χ2n) is 6.64. The van der Waals surface area contributed by atoms with Crippen LogP contribution >= 0.6 is 34.8 Å². The van der Waals surface area contributed by atoms with Crippen molar-refractivity contribution < 1.29 is 13.9 Å². The van der Waals surface area contributed by atoms with Gasteiger partial charge in [0.1, 0.15) is 12.4 Å². The Morgan fingerprint density at radius 1 is 0.900 bits per heavy atom. The average molecular weight is 469 g/mol. The summed E-state index contributed by atoms with van der Waals surface area (Å²) in [6.45, 7) is 1.50. The van der Waals surface area contributed by atoms with Gasteiger partial charge in [0, 0.05) is 27.7 Å². The zero-order valence-corrected chi connectivity index (χ0v) is 18.6. The number of para-hydroxylation sites is 1. The molecule has 0 aliphatic carbocycles. The largest absolute Gasteiger partial charge is 0.493 e. The van der Waals surface area contributed by atoms with Crippen molar-refractivity contribution in [1.82, 2.24) is 5.32 Å². The predicted octanol–water partition coefficient (Wildman–Crippen LogP) is 6.71. The summed E-state index contributed by atoms with van der Waals surface area (Å²) in [4.78, 5) is 0. The standard InChI is InChI=1S/C23H21Cl3FNO2/c1-29-22-4-2-3-16(13-28-10-9-15-5-7-18(24)11-20(15)25)23(22)30-14-17-6-8-19(27)12-21(17)26/h2-8,11-12,28H,9-10,13-14H2,1H3. The van der Waals surface area contributed by atoms with Gasteiger partial charge in [-0.3, -0.25) is 0 Å². The maximum atomic E-state index is 13.3. The fourth-order valence-corrected chi connectivity index (χ4v) is 3.71. The number of halogens is 4. The molecule has 3 rings (SSSR count). The van der Waals surface area contributed by atoms with E-state index in [-0.39, 0.29) is 12.4 Å². The zero-order chi connectivity index (χ0) is 21.5. The minimum absolute atomic E-state index is 0.201. The SMILES string of the molecule is COc1cccc(CNCCc2ccc(Cl)cc2Cl)c1OCc1ccc(F)cc1Cl. The molecule has 0 saturated heterocycles. The van der Waals surface area contributed by atoms with E-state index in [0.29, 0.717) is 38.7 Å². The second kappa shape index (κ2) is 10.9. The molecular formula is C23H21Cl3FNO2. The molecule has 0 atom stereocenters. The van der Waals surface area contributed by atoms with Crippen LogP contribution in [0.4, 0.5) is 4.39 Å². The number of hydrogen-bond donors (Lipinski definition) is 1. The summed E-state index contributed by atoms with van der Waals surface area (Å²) in [5.74, 6) is 0.859. The minimum atomic E-state index is -0.383. The van der Waals surface area contributed by atoms with E-state index in [4.69, 9.17) is 44.3 Å². The molecule has 0 unspecified atom stereocenters. The smallest absolute Gasteiger partial charge is 0.166 e. The summed E-state index contributed by atoms with van der Waals surface area (Å²) < 4.78 is 24.7. The number of benzene rings is 3. The summed E-state index contributed by atoms with van der Waals surface area (Å²) in [6.07, 6.45) is 0.765. The van der Waals surface area contributed by atoms with Gasteiger partial charge in [-0.15, -0.1) is 0 Å². The molecule has 0 radical (unpaired) electrons. The monoisotopic (exact) mass is 467 g/mol. The highest BCUT2D eigenvalue weighted by atomic mass is 35.5. The number of rotatable bonds is 9. The van der Waals surface area contributed by atoms with Crippen molar-refractivity contribution in [2.45, 2.75) is 19.6 Å². The van der Waals surface area contributed by atoms with Crippen molar-refractivity contribution in [3.8, 4) is 11.5 Å². The van der Waals surface area contributed by atoms with E-state index < -0.39 is 0 Å². The third kappa shape index (κ3) is 6.02. The van der Waals surface area contributed by atoms with Crippen LogP contribution < -0.4 is 14.8 Å². The molecule has 30 heavy (non-hydrogen) atoms. The molecule has 158 valence electrons. The summed E-state index contributed by atoms with van der Waals surface area (Å²) in [5, 5.41) is 5.00. The molecule has 1 N–H and O–H groups in total. The van der Waals surface area contributed by atoms with Crippen molar-refractivity contribution in [3.63, 3.8) is 0 Å². The normalized spacial score (nSPS) is 10.8. The van der Waals surface area contributed by atoms with Gasteiger partial charge in [0.05, 0.1) is 12.1 Å². The predicted molar refractivity (Wildman–Crippen MR) is 121 cm³/mol. The van der Waals surface area contributed by atoms with Gasteiger partial charge >= 0.3 is 0 Å². The van der Waals surface area contributed by atoms with Crippen LogP contribution in [-0.4, -0.2) is 13.7 Å². The first-order valence-corrected chi connectivity index (χ1v) is 10.5. The van der Waals surface area contributed by atoms with Crippen LogP contribution in [0.25, 0.3) is 0 Å². The van der Waals surface area contributed by atoms with E-state index in [1.165, 1.54) is 12.1 Å². The highest BCUT2D eigenvalue weighted by Crippen LogP contribution is 2.32. The topological polar surface area (TPSA) is 30.5 Å². The third-order valence-corrected chi connectivity index (χ3v) is 5.51. The molecule has 0 amide bonds. The van der Waals surface area contributed by atoms with Crippen LogP contribution in [0.3, 0.4) is 0 Å². The highest BCUT2D eigenvalue weighted by Gasteiger charge is 2.12. The molecule has 0 saturated carbocycles. The van der Waals surface area contributed by atoms with Crippen LogP contribution in [0.5, 0.6) is 11.5 Å². The van der Waals surface area contributed by atoms with Gasteiger partial charge in [-0.1, -0.05) is 59.1 Å². The Bertz CT molecular complexity index is 1010. The van der Waals surface area contributed by atoms with Crippen molar-refractivity contribution in [2.24, 2.45) is 0 Å². The lowest BCUT2D eigenvalue weighted by atomic mass is 10.1. The summed E-state index contributed by atoms with van der Waals surface area (Å²) in [5.41, 5.74) is 2.66. The quantitative estimate of drug-likeness (QED) is 0.354. The van der Waals surface area contributed by atoms with Crippen molar-refractivity contribution >= 4 is 34.8 Å². The zero-order valence-electron chi connectivity index (χ0n) is 16.4. The molecule has 0 bridgehead atoms. The maximum Gasteiger partial charge on any atom is 0.166 e. The maximum absolute atomic E-state index is 13.3. The molecule has 0 aliphatic rings. The number of methoxy groups -OCH3 is 1. The Labute approximate surface area is 190 Å². The molecule has 0 aliphatic heterocycles. The van der Waals surface area contributed by atoms with E-state index in [1.54, 1.807) is 19.2 Å². The van der Waals surface area contributed by atoms with Crippen LogP contribution in [0, 0.1) is 5.82 Å². The van der Waals surface area contributed by atoms with E-state index in [1.807, 2.05) is 30.3 Å². The molecule has 0 aromatic heterocycles. The summed E-state index contributed by atoms with van der Waals surface area (Å²) >= 11 is 18.3. The van der Waals surface area contributed by atoms with Crippen molar-refractivity contribution in [2.75, 3.05) is 13.7 Å². The molecule has 7 heteroatoms. The van der Waals surface area contributed by atoms with Gasteiger partial charge in [-0.2, -0.15) is 0 Å². The van der Waals surface area contributed by atoms with Gasteiger partial charge < -0.3 is 14.8 Å². The first-order chi connectivity index (χ1) is 14.5. The molecule has 3 aromatic rings. The second-order valence-corrected chi connectivity index (χ2v) is 7.89. The summed E-state index contributed by atoms with van der Waals surface area (Å²) in [6, 6.07) is 15.4. The molecule has 0 fully saturated rings. The Morgan fingerprint density at radius 3 is 2.40 bits per heavy atom. The fourth-order valence-electron chi connectivity index (χ4n) is 2.98. The molecule has 3 aromatic carbocycles. The Morgan fingerprint density at radius 2 is 1.67 bits per heavy atom. The fraction of sp³-hybridized carbons (Fsp3) is 0.217. The van der Waals surface area contributed by atoms with Crippen LogP contribution in [-0.2, 0) is 19.6 Å². The van der Waals surface area contributed by atoms with Gasteiger partial charge in [0.2, 0.25) is 0 Å². The van der Waals surface area contributed by atoms with E-state index >= 15 is 0 Å². The number of nitrogens with one attached hydrogen (secondary N) is 1. The molecule has 3 nitrogen and oxygen atoms in total. The van der Waals surface area contributed by atoms with Gasteiger partial charge in [0.25, 0.3) is 0 Å². The molecule has 0 spiro atoms. The lowest BCUT2D eigenvalue weighted by Crippen LogP contribution is -2.17. The lowest BCUT2D eigenvalue weighted by Gasteiger charge is -2.16. The van der Waals surface area contributed by atoms with Crippen LogP contribution in [0.1, 0.15) is 16.7 Å². The number of ether oxygens (including phenoxy) is 2. The first-order valence-electron chi connectivity index (χ1n) is 9.35. The van der Waals surface area contributed by atoms with Gasteiger partial charge in [0.15, 0.2) is 11.5 Å². The Hall–Kier alpha value is -1.98. The van der Waals surface area contributed by atoms with Crippen LogP contribution in [0.15, 0.2) is 54.6 Å². The highest BCUT2D eigenvalue weighted by molar-refractivity contribution is 6.35. The van der Waals surface area contributed by atoms with Crippen molar-refractivity contribution in [1.29, 1.82) is 0 Å². The first kappa shape index (κ1) is 22.7.